The molecule has 0 spiro atoms. The molecule has 0 aliphatic rings. The van der Waals surface area contributed by atoms with Gasteiger partial charge in [0.2, 0.25) is 5.91 Å². The summed E-state index contributed by atoms with van der Waals surface area (Å²) in [5.41, 5.74) is 2.61. The molecule has 0 aliphatic heterocycles. The molecule has 2 N–H and O–H groups in total. The van der Waals surface area contributed by atoms with Crippen LogP contribution in [0.5, 0.6) is 0 Å². The average molecular weight is 335 g/mol. The van der Waals surface area contributed by atoms with Crippen LogP contribution in [0.3, 0.4) is 0 Å². The Bertz CT molecular complexity index is 991. The fraction of sp³-hybridized carbons (Fsp3) is 0.158. The molecule has 0 bridgehead atoms. The van der Waals surface area contributed by atoms with Gasteiger partial charge in [-0.3, -0.25) is 14.4 Å². The molecule has 1 heterocycles. The lowest BCUT2D eigenvalue weighted by molar-refractivity contribution is -0.116. The van der Waals surface area contributed by atoms with Crippen molar-refractivity contribution >= 4 is 28.4 Å². The lowest BCUT2D eigenvalue weighted by atomic mass is 10.1. The van der Waals surface area contributed by atoms with Gasteiger partial charge in [-0.25, -0.2) is 4.98 Å². The number of rotatable bonds is 5. The summed E-state index contributed by atoms with van der Waals surface area (Å²) in [5.74, 6) is -0.246. The highest BCUT2D eigenvalue weighted by Gasteiger charge is 2.09. The van der Waals surface area contributed by atoms with Gasteiger partial charge in [0, 0.05) is 24.1 Å². The molecule has 0 unspecified atom stereocenters. The van der Waals surface area contributed by atoms with Crippen molar-refractivity contribution in [2.45, 2.75) is 19.8 Å². The van der Waals surface area contributed by atoms with Crippen molar-refractivity contribution in [1.82, 2.24) is 9.97 Å². The Morgan fingerprint density at radius 1 is 1.08 bits per heavy atom. The SMILES string of the molecule is CC(=O)c1ccc(NC(=O)CCc2nc3ccccc3[nH]c2=O)cc1. The normalized spacial score (nSPS) is 10.6. The minimum absolute atomic E-state index is 0.0283. The van der Waals surface area contributed by atoms with Gasteiger partial charge < -0.3 is 10.3 Å². The molecule has 1 aromatic heterocycles. The van der Waals surface area contributed by atoms with E-state index in [1.165, 1.54) is 6.92 Å². The molecule has 0 saturated heterocycles. The van der Waals surface area contributed by atoms with E-state index in [4.69, 9.17) is 0 Å². The van der Waals surface area contributed by atoms with Crippen LogP contribution in [0.2, 0.25) is 0 Å². The zero-order valence-electron chi connectivity index (χ0n) is 13.7. The number of aromatic amines is 1. The Balaban J connectivity index is 1.65. The van der Waals surface area contributed by atoms with Crippen molar-refractivity contribution in [1.29, 1.82) is 0 Å². The molecule has 6 heteroatoms. The Labute approximate surface area is 143 Å². The molecular formula is C19H17N3O3. The number of hydrogen-bond acceptors (Lipinski definition) is 4. The van der Waals surface area contributed by atoms with Crippen LogP contribution in [0.1, 0.15) is 29.4 Å². The minimum atomic E-state index is -0.280. The van der Waals surface area contributed by atoms with Crippen molar-refractivity contribution in [3.05, 3.63) is 70.1 Å². The zero-order valence-corrected chi connectivity index (χ0v) is 13.7. The van der Waals surface area contributed by atoms with Gasteiger partial charge in [-0.2, -0.15) is 0 Å². The van der Waals surface area contributed by atoms with Gasteiger partial charge in [0.25, 0.3) is 5.56 Å². The number of fused-ring (bicyclic) bond motifs is 1. The molecule has 0 radical (unpaired) electrons. The molecule has 3 aromatic rings. The highest BCUT2D eigenvalue weighted by molar-refractivity contribution is 5.95. The second kappa shape index (κ2) is 7.09. The number of aromatic nitrogens is 2. The number of anilines is 1. The Morgan fingerprint density at radius 3 is 2.52 bits per heavy atom. The van der Waals surface area contributed by atoms with Crippen molar-refractivity contribution in [2.24, 2.45) is 0 Å². The predicted molar refractivity (Wildman–Crippen MR) is 95.8 cm³/mol. The van der Waals surface area contributed by atoms with Gasteiger partial charge in [-0.1, -0.05) is 12.1 Å². The van der Waals surface area contributed by atoms with Crippen LogP contribution in [-0.2, 0) is 11.2 Å². The second-order valence-corrected chi connectivity index (χ2v) is 5.71. The summed E-state index contributed by atoms with van der Waals surface area (Å²) in [5, 5.41) is 2.74. The van der Waals surface area contributed by atoms with Crippen LogP contribution in [0.15, 0.2) is 53.3 Å². The van der Waals surface area contributed by atoms with Gasteiger partial charge in [-0.15, -0.1) is 0 Å². The average Bonchev–Trinajstić information content (AvgIpc) is 2.60. The van der Waals surface area contributed by atoms with Crippen LogP contribution in [0, 0.1) is 0 Å². The first-order chi connectivity index (χ1) is 12.0. The molecule has 0 fully saturated rings. The van der Waals surface area contributed by atoms with Gasteiger partial charge in [0.05, 0.1) is 11.0 Å². The van der Waals surface area contributed by atoms with E-state index in [1.54, 1.807) is 30.3 Å². The lowest BCUT2D eigenvalue weighted by Crippen LogP contribution is -2.19. The Hall–Kier alpha value is -3.28. The number of nitrogens with one attached hydrogen (secondary N) is 2. The van der Waals surface area contributed by atoms with Crippen LogP contribution >= 0.6 is 0 Å². The highest BCUT2D eigenvalue weighted by atomic mass is 16.1. The fourth-order valence-electron chi connectivity index (χ4n) is 2.48. The number of para-hydroxylation sites is 2. The maximum absolute atomic E-state index is 12.1. The largest absolute Gasteiger partial charge is 0.326 e. The van der Waals surface area contributed by atoms with Crippen molar-refractivity contribution in [3.8, 4) is 0 Å². The van der Waals surface area contributed by atoms with E-state index in [0.717, 1.165) is 0 Å². The Kier molecular flexibility index (Phi) is 4.70. The van der Waals surface area contributed by atoms with Crippen LogP contribution in [0.25, 0.3) is 11.0 Å². The molecule has 25 heavy (non-hydrogen) atoms. The topological polar surface area (TPSA) is 91.9 Å². The smallest absolute Gasteiger partial charge is 0.270 e. The third-order valence-corrected chi connectivity index (χ3v) is 3.83. The van der Waals surface area contributed by atoms with Crippen LogP contribution in [-0.4, -0.2) is 21.7 Å². The van der Waals surface area contributed by atoms with E-state index in [0.29, 0.717) is 28.0 Å². The monoisotopic (exact) mass is 335 g/mol. The Morgan fingerprint density at radius 2 is 1.80 bits per heavy atom. The molecule has 3 rings (SSSR count). The number of carbonyl (C=O) groups is 2. The molecular weight excluding hydrogens is 318 g/mol. The zero-order chi connectivity index (χ0) is 17.8. The molecule has 126 valence electrons. The summed E-state index contributed by atoms with van der Waals surface area (Å²) in [7, 11) is 0. The summed E-state index contributed by atoms with van der Waals surface area (Å²) in [6.07, 6.45) is 0.389. The quantitative estimate of drug-likeness (QED) is 0.701. The second-order valence-electron chi connectivity index (χ2n) is 5.71. The molecule has 1 amide bonds. The first-order valence-electron chi connectivity index (χ1n) is 7.92. The molecule has 2 aromatic carbocycles. The van der Waals surface area contributed by atoms with Crippen LogP contribution < -0.4 is 10.9 Å². The third kappa shape index (κ3) is 3.98. The van der Waals surface area contributed by atoms with Crippen molar-refractivity contribution in [3.63, 3.8) is 0 Å². The third-order valence-electron chi connectivity index (χ3n) is 3.83. The number of ketones is 1. The number of amides is 1. The first-order valence-corrected chi connectivity index (χ1v) is 7.92. The van der Waals surface area contributed by atoms with E-state index in [-0.39, 0.29) is 30.1 Å². The number of Topliss-reactive ketones (excluding diaryl/α,β-unsaturated/α-hetero) is 1. The number of nitrogens with zero attached hydrogens (tertiary/aromatic N) is 1. The number of aryl methyl sites for hydroxylation is 1. The first kappa shape index (κ1) is 16.6. The molecule has 0 saturated carbocycles. The van der Waals surface area contributed by atoms with Gasteiger partial charge >= 0.3 is 0 Å². The number of hydrogen-bond donors (Lipinski definition) is 2. The van der Waals surface area contributed by atoms with Crippen LogP contribution in [0.4, 0.5) is 5.69 Å². The van der Waals surface area contributed by atoms with Crippen molar-refractivity contribution in [2.75, 3.05) is 5.32 Å². The summed E-state index contributed by atoms with van der Waals surface area (Å²) < 4.78 is 0. The summed E-state index contributed by atoms with van der Waals surface area (Å²) in [6, 6.07) is 13.9. The maximum Gasteiger partial charge on any atom is 0.270 e. The number of benzene rings is 2. The minimum Gasteiger partial charge on any atom is -0.326 e. The van der Waals surface area contributed by atoms with E-state index in [1.807, 2.05) is 18.2 Å². The van der Waals surface area contributed by atoms with E-state index >= 15 is 0 Å². The van der Waals surface area contributed by atoms with Crippen molar-refractivity contribution < 1.29 is 9.59 Å². The maximum atomic E-state index is 12.1. The van der Waals surface area contributed by atoms with E-state index in [2.05, 4.69) is 15.3 Å². The highest BCUT2D eigenvalue weighted by Crippen LogP contribution is 2.11. The van der Waals surface area contributed by atoms with Gasteiger partial charge in [-0.05, 0) is 43.3 Å². The molecule has 0 aliphatic carbocycles. The number of carbonyl (C=O) groups excluding carboxylic acids is 2. The number of H-pyrrole nitrogens is 1. The lowest BCUT2D eigenvalue weighted by Gasteiger charge is -2.06. The molecule has 6 nitrogen and oxygen atoms in total. The van der Waals surface area contributed by atoms with Gasteiger partial charge in [0.15, 0.2) is 5.78 Å². The van der Waals surface area contributed by atoms with E-state index in [9.17, 15) is 14.4 Å². The molecule has 0 atom stereocenters. The van der Waals surface area contributed by atoms with Gasteiger partial charge in [0.1, 0.15) is 5.69 Å². The fourth-order valence-corrected chi connectivity index (χ4v) is 2.48. The predicted octanol–water partition coefficient (Wildman–Crippen LogP) is 2.70. The van der Waals surface area contributed by atoms with E-state index < -0.39 is 0 Å². The summed E-state index contributed by atoms with van der Waals surface area (Å²) >= 11 is 0. The standard InChI is InChI=1S/C19H17N3O3/c1-12(23)13-6-8-14(9-7-13)20-18(24)11-10-17-19(25)22-16-5-3-2-4-15(16)21-17/h2-9H,10-11H2,1H3,(H,20,24)(H,22,25). The summed E-state index contributed by atoms with van der Waals surface area (Å²) in [4.78, 5) is 42.4. The summed E-state index contributed by atoms with van der Waals surface area (Å²) in [6.45, 7) is 1.49.